The Morgan fingerprint density at radius 1 is 1.25 bits per heavy atom. The molecule has 0 saturated heterocycles. The quantitative estimate of drug-likeness (QED) is 0.718. The molecule has 0 spiro atoms. The molecule has 1 amide bonds. The van der Waals surface area contributed by atoms with Crippen LogP contribution in [-0.2, 0) is 14.8 Å². The second kappa shape index (κ2) is 6.23. The van der Waals surface area contributed by atoms with Crippen molar-refractivity contribution in [3.05, 3.63) is 24.3 Å². The molecule has 2 N–H and O–H groups in total. The lowest BCUT2D eigenvalue weighted by molar-refractivity contribution is -0.122. The van der Waals surface area contributed by atoms with Gasteiger partial charge in [-0.05, 0) is 37.1 Å². The summed E-state index contributed by atoms with van der Waals surface area (Å²) in [5.41, 5.74) is 0. The molecule has 110 valence electrons. The van der Waals surface area contributed by atoms with E-state index in [9.17, 15) is 13.2 Å². The highest BCUT2D eigenvalue weighted by Gasteiger charge is 2.29. The van der Waals surface area contributed by atoms with Gasteiger partial charge in [-0.2, -0.15) is 0 Å². The van der Waals surface area contributed by atoms with E-state index in [1.54, 1.807) is 12.1 Å². The fourth-order valence-electron chi connectivity index (χ4n) is 1.70. The Morgan fingerprint density at radius 3 is 2.45 bits per heavy atom. The second-order valence-electron chi connectivity index (χ2n) is 4.64. The fourth-order valence-corrected chi connectivity index (χ4v) is 2.73. The normalized spacial score (nSPS) is 14.8. The summed E-state index contributed by atoms with van der Waals surface area (Å²) in [6, 6.07) is 6.13. The molecule has 1 fully saturated rings. The van der Waals surface area contributed by atoms with Crippen LogP contribution in [0.4, 0.5) is 0 Å². The monoisotopic (exact) mass is 298 g/mol. The van der Waals surface area contributed by atoms with Crippen LogP contribution in [0, 0.1) is 5.92 Å². The lowest BCUT2D eigenvalue weighted by atomic mass is 10.3. The maximum atomic E-state index is 12.0. The van der Waals surface area contributed by atoms with Crippen LogP contribution in [-0.4, -0.2) is 34.5 Å². The van der Waals surface area contributed by atoms with Crippen LogP contribution in [0.3, 0.4) is 0 Å². The summed E-state index contributed by atoms with van der Waals surface area (Å²) < 4.78 is 31.3. The van der Waals surface area contributed by atoms with E-state index < -0.39 is 10.0 Å². The lowest BCUT2D eigenvalue weighted by Crippen LogP contribution is -2.35. The number of amides is 1. The van der Waals surface area contributed by atoms with Crippen molar-refractivity contribution in [3.8, 4) is 5.75 Å². The smallest absolute Gasteiger partial charge is 0.240 e. The van der Waals surface area contributed by atoms with E-state index in [0.29, 0.717) is 12.3 Å². The van der Waals surface area contributed by atoms with E-state index in [4.69, 9.17) is 4.74 Å². The van der Waals surface area contributed by atoms with E-state index in [1.165, 1.54) is 19.2 Å². The van der Waals surface area contributed by atoms with E-state index in [-0.39, 0.29) is 23.3 Å². The van der Waals surface area contributed by atoms with Crippen molar-refractivity contribution in [1.29, 1.82) is 0 Å². The number of carbonyl (C=O) groups is 1. The number of hydrogen-bond donors (Lipinski definition) is 2. The molecule has 1 aliphatic carbocycles. The zero-order chi connectivity index (χ0) is 14.6. The highest BCUT2D eigenvalue weighted by atomic mass is 32.2. The Labute approximate surface area is 118 Å². The molecular formula is C13H18N2O4S. The number of ether oxygens (including phenoxy) is 1. The maximum Gasteiger partial charge on any atom is 0.240 e. The highest BCUT2D eigenvalue weighted by molar-refractivity contribution is 7.89. The number of sulfonamides is 1. The number of benzene rings is 1. The van der Waals surface area contributed by atoms with Gasteiger partial charge in [0.2, 0.25) is 15.9 Å². The molecule has 0 radical (unpaired) electrons. The van der Waals surface area contributed by atoms with Crippen LogP contribution in [0.2, 0.25) is 0 Å². The minimum atomic E-state index is -3.54. The van der Waals surface area contributed by atoms with Crippen LogP contribution >= 0.6 is 0 Å². The molecular weight excluding hydrogens is 280 g/mol. The van der Waals surface area contributed by atoms with Gasteiger partial charge in [0.15, 0.2) is 0 Å². The topological polar surface area (TPSA) is 84.5 Å². The summed E-state index contributed by atoms with van der Waals surface area (Å²) in [5, 5.41) is 2.70. The molecule has 7 heteroatoms. The maximum absolute atomic E-state index is 12.0. The van der Waals surface area contributed by atoms with Crippen LogP contribution in [0.25, 0.3) is 0 Å². The fraction of sp³-hybridized carbons (Fsp3) is 0.462. The first-order valence-corrected chi connectivity index (χ1v) is 7.92. The molecule has 0 aliphatic heterocycles. The van der Waals surface area contributed by atoms with Gasteiger partial charge in [0.1, 0.15) is 5.75 Å². The number of carbonyl (C=O) groups excluding carboxylic acids is 1. The average Bonchev–Trinajstić information content (AvgIpc) is 3.28. The van der Waals surface area contributed by atoms with Gasteiger partial charge in [-0.1, -0.05) is 0 Å². The molecule has 1 aliphatic rings. The van der Waals surface area contributed by atoms with E-state index >= 15 is 0 Å². The number of methoxy groups -OCH3 is 1. The van der Waals surface area contributed by atoms with Crippen molar-refractivity contribution >= 4 is 15.9 Å². The predicted molar refractivity (Wildman–Crippen MR) is 73.9 cm³/mol. The molecule has 0 atom stereocenters. The Bertz CT molecular complexity index is 565. The molecule has 2 rings (SSSR count). The molecule has 1 saturated carbocycles. The molecule has 20 heavy (non-hydrogen) atoms. The van der Waals surface area contributed by atoms with E-state index in [0.717, 1.165) is 12.8 Å². The Balaban J connectivity index is 1.81. The van der Waals surface area contributed by atoms with Gasteiger partial charge in [0.25, 0.3) is 0 Å². The molecule has 0 unspecified atom stereocenters. The zero-order valence-corrected chi connectivity index (χ0v) is 12.1. The first-order chi connectivity index (χ1) is 9.53. The van der Waals surface area contributed by atoms with Crippen molar-refractivity contribution in [1.82, 2.24) is 10.0 Å². The Morgan fingerprint density at radius 2 is 1.90 bits per heavy atom. The molecule has 0 heterocycles. The number of rotatable bonds is 7. The molecule has 6 nitrogen and oxygen atoms in total. The average molecular weight is 298 g/mol. The zero-order valence-electron chi connectivity index (χ0n) is 11.3. The van der Waals surface area contributed by atoms with Crippen molar-refractivity contribution in [2.24, 2.45) is 5.92 Å². The lowest BCUT2D eigenvalue weighted by Gasteiger charge is -2.08. The first kappa shape index (κ1) is 14.8. The third kappa shape index (κ3) is 3.94. The summed E-state index contributed by atoms with van der Waals surface area (Å²) in [7, 11) is -2.03. The summed E-state index contributed by atoms with van der Waals surface area (Å²) >= 11 is 0. The number of nitrogens with one attached hydrogen (secondary N) is 2. The minimum absolute atomic E-state index is 0.00801. The summed E-state index contributed by atoms with van der Waals surface area (Å²) in [4.78, 5) is 11.5. The van der Waals surface area contributed by atoms with Crippen molar-refractivity contribution < 1.29 is 17.9 Å². The standard InChI is InChI=1S/C13H18N2O4S/c1-19-11-4-6-12(7-5-11)20(17,18)15-9-8-14-13(16)10-2-3-10/h4-7,10,15H,2-3,8-9H2,1H3,(H,14,16). The Hall–Kier alpha value is -1.60. The molecule has 1 aromatic rings. The van der Waals surface area contributed by atoms with Crippen molar-refractivity contribution in [3.63, 3.8) is 0 Å². The van der Waals surface area contributed by atoms with Gasteiger partial charge in [-0.15, -0.1) is 0 Å². The molecule has 0 bridgehead atoms. The summed E-state index contributed by atoms with van der Waals surface area (Å²) in [5.74, 6) is 0.738. The number of hydrogen-bond acceptors (Lipinski definition) is 4. The minimum Gasteiger partial charge on any atom is -0.497 e. The van der Waals surface area contributed by atoms with E-state index in [1.807, 2.05) is 0 Å². The SMILES string of the molecule is COc1ccc(S(=O)(=O)NCCNC(=O)C2CC2)cc1. The van der Waals surface area contributed by atoms with E-state index in [2.05, 4.69) is 10.0 Å². The summed E-state index contributed by atoms with van der Waals surface area (Å²) in [6.07, 6.45) is 1.87. The molecule has 0 aromatic heterocycles. The largest absolute Gasteiger partial charge is 0.497 e. The molecule has 1 aromatic carbocycles. The highest BCUT2D eigenvalue weighted by Crippen LogP contribution is 2.28. The third-order valence-electron chi connectivity index (χ3n) is 3.03. The van der Waals surface area contributed by atoms with Crippen LogP contribution in [0.1, 0.15) is 12.8 Å². The second-order valence-corrected chi connectivity index (χ2v) is 6.41. The first-order valence-electron chi connectivity index (χ1n) is 6.44. The van der Waals surface area contributed by atoms with Crippen molar-refractivity contribution in [2.45, 2.75) is 17.7 Å². The van der Waals surface area contributed by atoms with Gasteiger partial charge in [-0.25, -0.2) is 13.1 Å². The van der Waals surface area contributed by atoms with Crippen LogP contribution in [0.5, 0.6) is 5.75 Å². The van der Waals surface area contributed by atoms with Gasteiger partial charge in [0, 0.05) is 19.0 Å². The van der Waals surface area contributed by atoms with Gasteiger partial charge in [0.05, 0.1) is 12.0 Å². The van der Waals surface area contributed by atoms with Crippen molar-refractivity contribution in [2.75, 3.05) is 20.2 Å². The van der Waals surface area contributed by atoms with Gasteiger partial charge >= 0.3 is 0 Å². The Kier molecular flexibility index (Phi) is 4.61. The third-order valence-corrected chi connectivity index (χ3v) is 4.51. The predicted octanol–water partition coefficient (Wildman–Crippen LogP) is 0.500. The van der Waals surface area contributed by atoms with Gasteiger partial charge < -0.3 is 10.1 Å². The van der Waals surface area contributed by atoms with Crippen LogP contribution in [0.15, 0.2) is 29.2 Å². The van der Waals surface area contributed by atoms with Crippen LogP contribution < -0.4 is 14.8 Å². The van der Waals surface area contributed by atoms with Gasteiger partial charge in [-0.3, -0.25) is 4.79 Å². The summed E-state index contributed by atoms with van der Waals surface area (Å²) in [6.45, 7) is 0.470.